The standard InChI is InChI=1S/C17H26N4O2S.HI/c1-18-16(20-12-15(22)19-10-11-23-2)21-13-17(8-9-17)24-14-6-4-3-5-7-14;/h3-7H,8-13H2,1-2H3,(H,19,22)(H2,18,20,21);1H. The van der Waals surface area contributed by atoms with Crippen molar-refractivity contribution < 1.29 is 9.53 Å². The number of rotatable bonds is 9. The first-order valence-electron chi connectivity index (χ1n) is 8.12. The van der Waals surface area contributed by atoms with Gasteiger partial charge in [-0.25, -0.2) is 0 Å². The third-order valence-electron chi connectivity index (χ3n) is 3.73. The second kappa shape index (κ2) is 11.6. The van der Waals surface area contributed by atoms with E-state index in [0.717, 1.165) is 6.54 Å². The fourth-order valence-corrected chi connectivity index (χ4v) is 3.42. The number of hydrogen-bond acceptors (Lipinski definition) is 4. The molecule has 0 radical (unpaired) electrons. The summed E-state index contributed by atoms with van der Waals surface area (Å²) in [7, 11) is 3.32. The normalized spacial score (nSPS) is 15.0. The molecule has 1 aromatic rings. The summed E-state index contributed by atoms with van der Waals surface area (Å²) >= 11 is 1.91. The molecule has 1 aliphatic carbocycles. The van der Waals surface area contributed by atoms with Gasteiger partial charge in [-0.3, -0.25) is 9.79 Å². The summed E-state index contributed by atoms with van der Waals surface area (Å²) < 4.78 is 5.13. The van der Waals surface area contributed by atoms with Crippen molar-refractivity contribution in [2.75, 3.05) is 40.4 Å². The maximum atomic E-state index is 11.7. The highest BCUT2D eigenvalue weighted by Crippen LogP contribution is 2.51. The lowest BCUT2D eigenvalue weighted by Crippen LogP contribution is -2.45. The SMILES string of the molecule is CN=C(NCC(=O)NCCOC)NCC1(Sc2ccccc2)CC1.I. The Balaban J connectivity index is 0.00000312. The van der Waals surface area contributed by atoms with Gasteiger partial charge >= 0.3 is 0 Å². The first kappa shape index (κ1) is 22.0. The first-order valence-corrected chi connectivity index (χ1v) is 8.93. The molecule has 0 atom stereocenters. The van der Waals surface area contributed by atoms with Crippen molar-refractivity contribution in [1.29, 1.82) is 0 Å². The summed E-state index contributed by atoms with van der Waals surface area (Å²) in [6.45, 7) is 2.05. The van der Waals surface area contributed by atoms with Crippen LogP contribution in [-0.2, 0) is 9.53 Å². The summed E-state index contributed by atoms with van der Waals surface area (Å²) in [5, 5.41) is 9.13. The Morgan fingerprint density at radius 1 is 1.24 bits per heavy atom. The number of carbonyl (C=O) groups is 1. The number of aliphatic imine (C=N–C) groups is 1. The molecule has 8 heteroatoms. The van der Waals surface area contributed by atoms with Crippen molar-refractivity contribution in [2.24, 2.45) is 4.99 Å². The number of carbonyl (C=O) groups excluding carboxylic acids is 1. The molecule has 2 rings (SSSR count). The van der Waals surface area contributed by atoms with E-state index in [2.05, 4.69) is 45.2 Å². The molecular formula is C17H27IN4O2S. The zero-order valence-electron chi connectivity index (χ0n) is 14.7. The number of amides is 1. The Kier molecular flexibility index (Phi) is 10.2. The van der Waals surface area contributed by atoms with Gasteiger partial charge in [0.2, 0.25) is 5.91 Å². The minimum absolute atomic E-state index is 0. The van der Waals surface area contributed by atoms with Gasteiger partial charge < -0.3 is 20.7 Å². The van der Waals surface area contributed by atoms with E-state index in [9.17, 15) is 4.79 Å². The van der Waals surface area contributed by atoms with Crippen LogP contribution in [0.2, 0.25) is 0 Å². The van der Waals surface area contributed by atoms with Crippen LogP contribution in [0, 0.1) is 0 Å². The van der Waals surface area contributed by atoms with Crippen molar-refractivity contribution in [2.45, 2.75) is 22.5 Å². The molecule has 1 aliphatic rings. The van der Waals surface area contributed by atoms with Crippen molar-refractivity contribution in [3.05, 3.63) is 30.3 Å². The smallest absolute Gasteiger partial charge is 0.239 e. The Labute approximate surface area is 171 Å². The van der Waals surface area contributed by atoms with E-state index in [4.69, 9.17) is 4.74 Å². The van der Waals surface area contributed by atoms with Crippen molar-refractivity contribution in [3.63, 3.8) is 0 Å². The Morgan fingerprint density at radius 2 is 1.96 bits per heavy atom. The molecule has 6 nitrogen and oxygen atoms in total. The minimum atomic E-state index is -0.0743. The van der Waals surface area contributed by atoms with Gasteiger partial charge in [0.15, 0.2) is 5.96 Å². The summed E-state index contributed by atoms with van der Waals surface area (Å²) in [6.07, 6.45) is 2.38. The fourth-order valence-electron chi connectivity index (χ4n) is 2.18. The van der Waals surface area contributed by atoms with Crippen LogP contribution in [-0.4, -0.2) is 57.0 Å². The second-order valence-corrected chi connectivity index (χ2v) is 7.26. The molecule has 0 spiro atoms. The summed E-state index contributed by atoms with van der Waals surface area (Å²) in [5.74, 6) is 0.576. The number of ether oxygens (including phenoxy) is 1. The topological polar surface area (TPSA) is 74.8 Å². The zero-order chi connectivity index (χ0) is 17.3. The second-order valence-electron chi connectivity index (χ2n) is 5.72. The van der Waals surface area contributed by atoms with Gasteiger partial charge in [0, 0.05) is 36.9 Å². The summed E-state index contributed by atoms with van der Waals surface area (Å²) in [5.41, 5.74) is 0. The average molecular weight is 478 g/mol. The van der Waals surface area contributed by atoms with E-state index in [0.29, 0.717) is 19.1 Å². The van der Waals surface area contributed by atoms with Gasteiger partial charge in [0.25, 0.3) is 0 Å². The predicted molar refractivity (Wildman–Crippen MR) is 114 cm³/mol. The summed E-state index contributed by atoms with van der Waals surface area (Å²) in [6, 6.07) is 10.4. The molecule has 0 heterocycles. The number of thioether (sulfide) groups is 1. The number of hydrogen-bond donors (Lipinski definition) is 3. The van der Waals surface area contributed by atoms with Gasteiger partial charge in [-0.05, 0) is 25.0 Å². The van der Waals surface area contributed by atoms with Crippen molar-refractivity contribution >= 4 is 47.6 Å². The lowest BCUT2D eigenvalue weighted by molar-refractivity contribution is -0.120. The van der Waals surface area contributed by atoms with Gasteiger partial charge in [-0.15, -0.1) is 35.7 Å². The van der Waals surface area contributed by atoms with Crippen LogP contribution >= 0.6 is 35.7 Å². The highest BCUT2D eigenvalue weighted by atomic mass is 127. The van der Waals surface area contributed by atoms with E-state index in [-0.39, 0.29) is 41.2 Å². The van der Waals surface area contributed by atoms with Gasteiger partial charge in [-0.1, -0.05) is 18.2 Å². The van der Waals surface area contributed by atoms with Crippen LogP contribution in [0.4, 0.5) is 0 Å². The highest BCUT2D eigenvalue weighted by Gasteiger charge is 2.43. The number of benzene rings is 1. The molecule has 25 heavy (non-hydrogen) atoms. The molecule has 1 amide bonds. The molecule has 3 N–H and O–H groups in total. The number of methoxy groups -OCH3 is 1. The van der Waals surface area contributed by atoms with Crippen LogP contribution in [0.15, 0.2) is 40.2 Å². The Hall–Kier alpha value is -1.000. The van der Waals surface area contributed by atoms with Crippen LogP contribution in [0.25, 0.3) is 0 Å². The van der Waals surface area contributed by atoms with Crippen LogP contribution in [0.1, 0.15) is 12.8 Å². The quantitative estimate of drug-likeness (QED) is 0.219. The third-order valence-corrected chi connectivity index (χ3v) is 5.23. The van der Waals surface area contributed by atoms with Gasteiger partial charge in [0.1, 0.15) is 0 Å². The van der Waals surface area contributed by atoms with E-state index in [1.54, 1.807) is 14.2 Å². The maximum Gasteiger partial charge on any atom is 0.239 e. The maximum absolute atomic E-state index is 11.7. The lowest BCUT2D eigenvalue weighted by atomic mass is 10.4. The Bertz CT molecular complexity index is 553. The molecule has 1 fully saturated rings. The molecule has 0 bridgehead atoms. The fraction of sp³-hybridized carbons (Fsp3) is 0.529. The van der Waals surface area contributed by atoms with E-state index >= 15 is 0 Å². The predicted octanol–water partition coefficient (Wildman–Crippen LogP) is 1.86. The van der Waals surface area contributed by atoms with Crippen LogP contribution in [0.5, 0.6) is 0 Å². The molecule has 140 valence electrons. The number of halogens is 1. The average Bonchev–Trinajstić information content (AvgIpc) is 3.36. The third kappa shape index (κ3) is 8.28. The highest BCUT2D eigenvalue weighted by molar-refractivity contribution is 14.0. The van der Waals surface area contributed by atoms with Crippen LogP contribution < -0.4 is 16.0 Å². The van der Waals surface area contributed by atoms with E-state index in [1.807, 2.05) is 17.8 Å². The van der Waals surface area contributed by atoms with E-state index < -0.39 is 0 Å². The zero-order valence-corrected chi connectivity index (χ0v) is 17.9. The molecule has 1 saturated carbocycles. The molecule has 0 aliphatic heterocycles. The van der Waals surface area contributed by atoms with Gasteiger partial charge in [-0.2, -0.15) is 0 Å². The molecule has 1 aromatic carbocycles. The minimum Gasteiger partial charge on any atom is -0.383 e. The monoisotopic (exact) mass is 478 g/mol. The first-order chi connectivity index (χ1) is 11.7. The van der Waals surface area contributed by atoms with Crippen molar-refractivity contribution in [3.8, 4) is 0 Å². The molecule has 0 aromatic heterocycles. The van der Waals surface area contributed by atoms with Crippen molar-refractivity contribution in [1.82, 2.24) is 16.0 Å². The number of nitrogens with one attached hydrogen (secondary N) is 3. The Morgan fingerprint density at radius 3 is 2.56 bits per heavy atom. The number of nitrogens with zero attached hydrogens (tertiary/aromatic N) is 1. The van der Waals surface area contributed by atoms with Gasteiger partial charge in [0.05, 0.1) is 13.2 Å². The molecule has 0 unspecified atom stereocenters. The number of guanidine groups is 1. The molecule has 0 saturated heterocycles. The van der Waals surface area contributed by atoms with E-state index in [1.165, 1.54) is 17.7 Å². The molecular weight excluding hydrogens is 451 g/mol. The largest absolute Gasteiger partial charge is 0.383 e. The summed E-state index contributed by atoms with van der Waals surface area (Å²) in [4.78, 5) is 17.1. The lowest BCUT2D eigenvalue weighted by Gasteiger charge is -2.18. The van der Waals surface area contributed by atoms with Crippen LogP contribution in [0.3, 0.4) is 0 Å².